The summed E-state index contributed by atoms with van der Waals surface area (Å²) in [4.78, 5) is 0. The maximum atomic E-state index is 15.4. The third-order valence-corrected chi connectivity index (χ3v) is 6.33. The number of benzene rings is 1. The van der Waals surface area contributed by atoms with Crippen LogP contribution in [0.2, 0.25) is 0 Å². The molecule has 2 aliphatic carbocycles. The summed E-state index contributed by atoms with van der Waals surface area (Å²) in [5.74, 6) is -0.596. The smallest absolute Gasteiger partial charge is 0.201 e. The van der Waals surface area contributed by atoms with E-state index in [-0.39, 0.29) is 11.7 Å². The first kappa shape index (κ1) is 19.6. The molecule has 3 rings (SSSR count). The fraction of sp³-hybridized carbons (Fsp3) is 0.739. The highest BCUT2D eigenvalue weighted by Crippen LogP contribution is 2.47. The summed E-state index contributed by atoms with van der Waals surface area (Å²) in [6.07, 6.45) is 13.0. The highest BCUT2D eigenvalue weighted by atomic mass is 19.2. The lowest BCUT2D eigenvalue weighted by molar-refractivity contribution is 0.304. The molecule has 3 heteroatoms. The molecule has 2 aliphatic rings. The van der Waals surface area contributed by atoms with Crippen LogP contribution in [0.25, 0.3) is 0 Å². The quantitative estimate of drug-likeness (QED) is 0.510. The van der Waals surface area contributed by atoms with Gasteiger partial charge in [-0.3, -0.25) is 0 Å². The Labute approximate surface area is 157 Å². The van der Waals surface area contributed by atoms with Crippen molar-refractivity contribution in [3.63, 3.8) is 0 Å². The predicted molar refractivity (Wildman–Crippen MR) is 103 cm³/mol. The highest BCUT2D eigenvalue weighted by molar-refractivity contribution is 5.51. The van der Waals surface area contributed by atoms with Crippen molar-refractivity contribution in [3.8, 4) is 5.75 Å². The van der Waals surface area contributed by atoms with Crippen molar-refractivity contribution in [1.29, 1.82) is 0 Å². The molecule has 0 amide bonds. The van der Waals surface area contributed by atoms with Crippen LogP contribution in [-0.2, 0) is 6.42 Å². The molecular formula is C23H34F2O. The van der Waals surface area contributed by atoms with Gasteiger partial charge in [0.1, 0.15) is 0 Å². The number of hydrogen-bond acceptors (Lipinski definition) is 1. The molecule has 2 fully saturated rings. The SMILES string of the molecule is CCCc1c(OCC)c(F)c(F)c(C2CCCCC2)c1C1CCCCC1. The van der Waals surface area contributed by atoms with Gasteiger partial charge < -0.3 is 4.74 Å². The Hall–Kier alpha value is -1.12. The van der Waals surface area contributed by atoms with E-state index in [0.29, 0.717) is 12.5 Å². The summed E-state index contributed by atoms with van der Waals surface area (Å²) < 4.78 is 36.0. The van der Waals surface area contributed by atoms with Gasteiger partial charge in [0.25, 0.3) is 0 Å². The van der Waals surface area contributed by atoms with E-state index in [1.165, 1.54) is 25.7 Å². The Kier molecular flexibility index (Phi) is 6.94. The second-order valence-electron chi connectivity index (χ2n) is 8.12. The Morgan fingerprint density at radius 3 is 1.81 bits per heavy atom. The Bertz CT molecular complexity index is 599. The molecule has 0 heterocycles. The van der Waals surface area contributed by atoms with E-state index in [4.69, 9.17) is 4.74 Å². The molecule has 1 aromatic rings. The van der Waals surface area contributed by atoms with Crippen LogP contribution in [0.15, 0.2) is 0 Å². The number of halogens is 2. The normalized spacial score (nSPS) is 19.7. The van der Waals surface area contributed by atoms with Gasteiger partial charge in [0.15, 0.2) is 11.6 Å². The van der Waals surface area contributed by atoms with Crippen molar-refractivity contribution < 1.29 is 13.5 Å². The van der Waals surface area contributed by atoms with Gasteiger partial charge in [-0.2, -0.15) is 4.39 Å². The summed E-state index contributed by atoms with van der Waals surface area (Å²) in [5.41, 5.74) is 2.84. The van der Waals surface area contributed by atoms with Crippen LogP contribution in [0.3, 0.4) is 0 Å². The van der Waals surface area contributed by atoms with Crippen LogP contribution >= 0.6 is 0 Å². The van der Waals surface area contributed by atoms with E-state index >= 15 is 8.78 Å². The van der Waals surface area contributed by atoms with Gasteiger partial charge in [-0.1, -0.05) is 51.9 Å². The standard InChI is InChI=1S/C23H34F2O/c1-3-11-18-19(16-12-7-5-8-13-16)20(17-14-9-6-10-15-17)21(24)22(25)23(18)26-4-2/h16-17H,3-15H2,1-2H3. The molecule has 0 bridgehead atoms. The zero-order chi connectivity index (χ0) is 18.5. The number of ether oxygens (including phenoxy) is 1. The lowest BCUT2D eigenvalue weighted by atomic mass is 9.73. The average molecular weight is 365 g/mol. The molecule has 146 valence electrons. The molecular weight excluding hydrogens is 330 g/mol. The van der Waals surface area contributed by atoms with Gasteiger partial charge in [-0.25, -0.2) is 4.39 Å². The topological polar surface area (TPSA) is 9.23 Å². The van der Waals surface area contributed by atoms with Crippen LogP contribution in [0.1, 0.15) is 113 Å². The van der Waals surface area contributed by atoms with Crippen LogP contribution in [0.5, 0.6) is 5.75 Å². The maximum Gasteiger partial charge on any atom is 0.201 e. The van der Waals surface area contributed by atoms with E-state index in [9.17, 15) is 0 Å². The van der Waals surface area contributed by atoms with E-state index in [1.807, 2.05) is 6.92 Å². The maximum absolute atomic E-state index is 15.4. The van der Waals surface area contributed by atoms with Crippen molar-refractivity contribution in [2.75, 3.05) is 6.61 Å². The van der Waals surface area contributed by atoms with Crippen LogP contribution in [0.4, 0.5) is 8.78 Å². The minimum atomic E-state index is -0.740. The predicted octanol–water partition coefficient (Wildman–Crippen LogP) is 7.41. The Balaban J connectivity index is 2.18. The summed E-state index contributed by atoms with van der Waals surface area (Å²) in [5, 5.41) is 0. The second-order valence-corrected chi connectivity index (χ2v) is 8.12. The monoisotopic (exact) mass is 364 g/mol. The number of rotatable bonds is 6. The molecule has 0 saturated heterocycles. The number of hydrogen-bond donors (Lipinski definition) is 0. The van der Waals surface area contributed by atoms with E-state index < -0.39 is 11.6 Å². The lowest BCUT2D eigenvalue weighted by Gasteiger charge is -2.33. The van der Waals surface area contributed by atoms with Crippen molar-refractivity contribution >= 4 is 0 Å². The molecule has 0 spiro atoms. The van der Waals surface area contributed by atoms with Crippen molar-refractivity contribution in [1.82, 2.24) is 0 Å². The molecule has 0 aromatic heterocycles. The third-order valence-electron chi connectivity index (χ3n) is 6.33. The molecule has 0 atom stereocenters. The van der Waals surface area contributed by atoms with E-state index in [0.717, 1.165) is 68.1 Å². The molecule has 1 aromatic carbocycles. The van der Waals surface area contributed by atoms with E-state index in [2.05, 4.69) is 6.92 Å². The Morgan fingerprint density at radius 1 is 0.769 bits per heavy atom. The van der Waals surface area contributed by atoms with Gasteiger partial charge in [0.2, 0.25) is 5.82 Å². The Morgan fingerprint density at radius 2 is 1.31 bits per heavy atom. The molecule has 0 aliphatic heterocycles. The summed E-state index contributed by atoms with van der Waals surface area (Å²) in [6.45, 7) is 4.34. The first-order valence-electron chi connectivity index (χ1n) is 10.8. The van der Waals surface area contributed by atoms with Crippen LogP contribution in [-0.4, -0.2) is 6.61 Å². The third kappa shape index (κ3) is 3.92. The molecule has 0 N–H and O–H groups in total. The van der Waals surface area contributed by atoms with Gasteiger partial charge >= 0.3 is 0 Å². The minimum absolute atomic E-state index is 0.182. The molecule has 2 saturated carbocycles. The summed E-state index contributed by atoms with van der Waals surface area (Å²) >= 11 is 0. The van der Waals surface area contributed by atoms with Gasteiger partial charge in [-0.05, 0) is 62.0 Å². The summed E-state index contributed by atoms with van der Waals surface area (Å²) in [7, 11) is 0. The molecule has 0 radical (unpaired) electrons. The fourth-order valence-corrected chi connectivity index (χ4v) is 5.19. The zero-order valence-electron chi connectivity index (χ0n) is 16.5. The molecule has 26 heavy (non-hydrogen) atoms. The molecule has 0 unspecified atom stereocenters. The van der Waals surface area contributed by atoms with Gasteiger partial charge in [0.05, 0.1) is 6.61 Å². The minimum Gasteiger partial charge on any atom is -0.490 e. The largest absolute Gasteiger partial charge is 0.490 e. The van der Waals surface area contributed by atoms with Crippen molar-refractivity contribution in [3.05, 3.63) is 28.3 Å². The van der Waals surface area contributed by atoms with Crippen LogP contribution in [0, 0.1) is 11.6 Å². The van der Waals surface area contributed by atoms with Gasteiger partial charge in [0, 0.05) is 5.56 Å². The van der Waals surface area contributed by atoms with Gasteiger partial charge in [-0.15, -0.1) is 0 Å². The van der Waals surface area contributed by atoms with Crippen molar-refractivity contribution in [2.24, 2.45) is 0 Å². The first-order valence-corrected chi connectivity index (χ1v) is 10.8. The van der Waals surface area contributed by atoms with Crippen LogP contribution < -0.4 is 4.74 Å². The fourth-order valence-electron chi connectivity index (χ4n) is 5.19. The second kappa shape index (κ2) is 9.19. The first-order chi connectivity index (χ1) is 12.7. The molecule has 1 nitrogen and oxygen atoms in total. The van der Waals surface area contributed by atoms with Crippen molar-refractivity contribution in [2.45, 2.75) is 103 Å². The highest BCUT2D eigenvalue weighted by Gasteiger charge is 2.33. The lowest BCUT2D eigenvalue weighted by Crippen LogP contribution is -2.19. The summed E-state index contributed by atoms with van der Waals surface area (Å²) in [6, 6.07) is 0. The zero-order valence-corrected chi connectivity index (χ0v) is 16.5. The van der Waals surface area contributed by atoms with E-state index in [1.54, 1.807) is 0 Å². The average Bonchev–Trinajstić information content (AvgIpc) is 2.68.